The first-order valence-electron chi connectivity index (χ1n) is 7.48. The Labute approximate surface area is 150 Å². The van der Waals surface area contributed by atoms with Crippen molar-refractivity contribution in [2.24, 2.45) is 0 Å². The van der Waals surface area contributed by atoms with Crippen LogP contribution in [0.25, 0.3) is 12.2 Å². The molecule has 8 heteroatoms. The fourth-order valence-corrected chi connectivity index (χ4v) is 2.45. The van der Waals surface area contributed by atoms with Crippen molar-refractivity contribution in [3.05, 3.63) is 45.5 Å². The van der Waals surface area contributed by atoms with Gasteiger partial charge in [-0.2, -0.15) is 0 Å². The summed E-state index contributed by atoms with van der Waals surface area (Å²) in [6.07, 6.45) is 3.32. The van der Waals surface area contributed by atoms with Gasteiger partial charge in [0.15, 0.2) is 17.2 Å². The summed E-state index contributed by atoms with van der Waals surface area (Å²) in [5.74, 6) is 0.932. The van der Waals surface area contributed by atoms with E-state index in [9.17, 15) is 15.2 Å². The minimum Gasteiger partial charge on any atom is -0.504 e. The van der Waals surface area contributed by atoms with Crippen LogP contribution in [-0.2, 0) is 0 Å². The van der Waals surface area contributed by atoms with Crippen LogP contribution < -0.4 is 18.9 Å². The molecule has 0 bridgehead atoms. The van der Waals surface area contributed by atoms with Gasteiger partial charge in [0.05, 0.1) is 33.4 Å². The average Bonchev–Trinajstić information content (AvgIpc) is 2.64. The molecule has 138 valence electrons. The van der Waals surface area contributed by atoms with Crippen LogP contribution >= 0.6 is 0 Å². The minimum absolute atomic E-state index is 0.181. The van der Waals surface area contributed by atoms with Gasteiger partial charge in [0.2, 0.25) is 11.5 Å². The molecule has 0 aliphatic heterocycles. The maximum atomic E-state index is 11.1. The number of hydrogen-bond acceptors (Lipinski definition) is 7. The van der Waals surface area contributed by atoms with Crippen LogP contribution in [0.15, 0.2) is 24.3 Å². The normalized spacial score (nSPS) is 10.6. The zero-order valence-electron chi connectivity index (χ0n) is 14.8. The predicted molar refractivity (Wildman–Crippen MR) is 96.3 cm³/mol. The number of phenols is 1. The van der Waals surface area contributed by atoms with Crippen molar-refractivity contribution in [3.8, 4) is 28.7 Å². The number of nitrogens with zero attached hydrogens (tertiary/aromatic N) is 1. The van der Waals surface area contributed by atoms with Gasteiger partial charge in [-0.15, -0.1) is 0 Å². The van der Waals surface area contributed by atoms with Crippen LogP contribution in [0.5, 0.6) is 28.7 Å². The molecule has 0 aromatic heterocycles. The van der Waals surface area contributed by atoms with Crippen LogP contribution in [0.3, 0.4) is 0 Å². The first-order valence-corrected chi connectivity index (χ1v) is 7.48. The number of rotatable bonds is 7. The summed E-state index contributed by atoms with van der Waals surface area (Å²) in [5, 5.41) is 21.1. The van der Waals surface area contributed by atoms with Crippen molar-refractivity contribution in [2.45, 2.75) is 0 Å². The quantitative estimate of drug-likeness (QED) is 0.457. The Hall–Kier alpha value is -3.42. The van der Waals surface area contributed by atoms with Crippen molar-refractivity contribution >= 4 is 17.8 Å². The van der Waals surface area contributed by atoms with Crippen LogP contribution in [0, 0.1) is 10.1 Å². The molecule has 0 heterocycles. The topological polar surface area (TPSA) is 100 Å². The molecule has 0 atom stereocenters. The Morgan fingerprint density at radius 1 is 0.846 bits per heavy atom. The first kappa shape index (κ1) is 18.9. The molecule has 0 radical (unpaired) electrons. The molecule has 26 heavy (non-hydrogen) atoms. The Balaban J connectivity index is 2.46. The van der Waals surface area contributed by atoms with Gasteiger partial charge in [-0.3, -0.25) is 10.1 Å². The lowest BCUT2D eigenvalue weighted by molar-refractivity contribution is -0.385. The molecule has 2 rings (SSSR count). The second-order valence-corrected chi connectivity index (χ2v) is 5.14. The molecule has 0 unspecified atom stereocenters. The number of phenolic OH excluding ortho intramolecular Hbond substituents is 1. The van der Waals surface area contributed by atoms with Gasteiger partial charge in [0.25, 0.3) is 0 Å². The SMILES string of the molecule is COc1cc(C=Cc2cc(O)c(OC)c([N+](=O)[O-])c2)cc(OC)c1OC. The van der Waals surface area contributed by atoms with Gasteiger partial charge < -0.3 is 24.1 Å². The third-order valence-electron chi connectivity index (χ3n) is 3.63. The van der Waals surface area contributed by atoms with Crippen LogP contribution in [-0.4, -0.2) is 38.5 Å². The zero-order valence-corrected chi connectivity index (χ0v) is 14.8. The first-order chi connectivity index (χ1) is 12.4. The Morgan fingerprint density at radius 2 is 1.35 bits per heavy atom. The van der Waals surface area contributed by atoms with Gasteiger partial charge in [-0.05, 0) is 29.3 Å². The van der Waals surface area contributed by atoms with E-state index < -0.39 is 4.92 Å². The standard InChI is InChI=1S/C18H19NO7/c1-23-15-9-12(10-16(24-2)18(15)26-4)6-5-11-7-13(19(21)22)17(25-3)14(20)8-11/h5-10,20H,1-4H3. The van der Waals surface area contributed by atoms with Gasteiger partial charge in [-0.1, -0.05) is 12.2 Å². The van der Waals surface area contributed by atoms with Crippen molar-refractivity contribution in [1.82, 2.24) is 0 Å². The number of benzene rings is 2. The van der Waals surface area contributed by atoms with E-state index in [-0.39, 0.29) is 17.2 Å². The number of nitro groups is 1. The maximum Gasteiger partial charge on any atom is 0.315 e. The van der Waals surface area contributed by atoms with E-state index in [0.29, 0.717) is 22.8 Å². The van der Waals surface area contributed by atoms with Crippen molar-refractivity contribution < 1.29 is 29.0 Å². The van der Waals surface area contributed by atoms with Crippen molar-refractivity contribution in [1.29, 1.82) is 0 Å². The summed E-state index contributed by atoms with van der Waals surface area (Å²) in [4.78, 5) is 10.5. The average molecular weight is 361 g/mol. The molecule has 0 saturated carbocycles. The summed E-state index contributed by atoms with van der Waals surface area (Å²) in [6, 6.07) is 6.15. The molecular weight excluding hydrogens is 342 g/mol. The lowest BCUT2D eigenvalue weighted by atomic mass is 10.1. The molecule has 2 aromatic rings. The fourth-order valence-electron chi connectivity index (χ4n) is 2.45. The largest absolute Gasteiger partial charge is 0.504 e. The van der Waals surface area contributed by atoms with E-state index in [2.05, 4.69) is 0 Å². The van der Waals surface area contributed by atoms with Crippen LogP contribution in [0.1, 0.15) is 11.1 Å². The Kier molecular flexibility index (Phi) is 5.90. The molecule has 0 aliphatic carbocycles. The van der Waals surface area contributed by atoms with Gasteiger partial charge >= 0.3 is 5.69 Å². The highest BCUT2D eigenvalue weighted by Gasteiger charge is 2.20. The highest BCUT2D eigenvalue weighted by Crippen LogP contribution is 2.40. The molecule has 0 amide bonds. The van der Waals surface area contributed by atoms with E-state index in [0.717, 1.165) is 5.56 Å². The molecule has 2 aromatic carbocycles. The van der Waals surface area contributed by atoms with Crippen molar-refractivity contribution in [2.75, 3.05) is 28.4 Å². The summed E-state index contributed by atoms with van der Waals surface area (Å²) in [6.45, 7) is 0. The molecular formula is C18H19NO7. The number of ether oxygens (including phenoxy) is 4. The molecule has 0 fully saturated rings. The number of methoxy groups -OCH3 is 4. The highest BCUT2D eigenvalue weighted by molar-refractivity contribution is 5.75. The number of nitro benzene ring substituents is 1. The lowest BCUT2D eigenvalue weighted by Crippen LogP contribution is -1.95. The van der Waals surface area contributed by atoms with E-state index >= 15 is 0 Å². The monoisotopic (exact) mass is 361 g/mol. The predicted octanol–water partition coefficient (Wildman–Crippen LogP) is 3.51. The number of hydrogen-bond donors (Lipinski definition) is 1. The van der Waals surface area contributed by atoms with Crippen LogP contribution in [0.2, 0.25) is 0 Å². The minimum atomic E-state index is -0.616. The van der Waals surface area contributed by atoms with E-state index in [1.54, 1.807) is 24.3 Å². The van der Waals surface area contributed by atoms with Gasteiger partial charge in [0, 0.05) is 6.07 Å². The van der Waals surface area contributed by atoms with Crippen molar-refractivity contribution in [3.63, 3.8) is 0 Å². The molecule has 0 aliphatic rings. The molecule has 1 N–H and O–H groups in total. The van der Waals surface area contributed by atoms with Crippen LogP contribution in [0.4, 0.5) is 5.69 Å². The highest BCUT2D eigenvalue weighted by atomic mass is 16.6. The third-order valence-corrected chi connectivity index (χ3v) is 3.63. The fraction of sp³-hybridized carbons (Fsp3) is 0.222. The van der Waals surface area contributed by atoms with E-state index in [1.165, 1.54) is 40.6 Å². The summed E-state index contributed by atoms with van der Waals surface area (Å²) in [7, 11) is 5.79. The number of aromatic hydroxyl groups is 1. The Bertz CT molecular complexity index is 821. The molecule has 0 saturated heterocycles. The van der Waals surface area contributed by atoms with E-state index in [1.807, 2.05) is 0 Å². The third kappa shape index (κ3) is 3.80. The summed E-state index contributed by atoms with van der Waals surface area (Å²) in [5.41, 5.74) is 0.832. The lowest BCUT2D eigenvalue weighted by Gasteiger charge is -2.12. The summed E-state index contributed by atoms with van der Waals surface area (Å²) >= 11 is 0. The Morgan fingerprint density at radius 3 is 1.77 bits per heavy atom. The van der Waals surface area contributed by atoms with Gasteiger partial charge in [-0.25, -0.2) is 0 Å². The smallest absolute Gasteiger partial charge is 0.315 e. The second-order valence-electron chi connectivity index (χ2n) is 5.14. The van der Waals surface area contributed by atoms with E-state index in [4.69, 9.17) is 18.9 Å². The summed E-state index contributed by atoms with van der Waals surface area (Å²) < 4.78 is 20.7. The molecule has 8 nitrogen and oxygen atoms in total. The molecule has 0 spiro atoms. The van der Waals surface area contributed by atoms with Gasteiger partial charge in [0.1, 0.15) is 0 Å². The zero-order chi connectivity index (χ0) is 19.3. The second kappa shape index (κ2) is 8.11. The maximum absolute atomic E-state index is 11.1.